The van der Waals surface area contributed by atoms with E-state index in [2.05, 4.69) is 5.32 Å². The predicted molar refractivity (Wildman–Crippen MR) is 99.4 cm³/mol. The molecule has 1 atom stereocenters. The fraction of sp³-hybridized carbons (Fsp3) is 0.333. The summed E-state index contributed by atoms with van der Waals surface area (Å²) >= 11 is 0. The first-order valence-corrected chi connectivity index (χ1v) is 9.25. The molecule has 6 heteroatoms. The molecule has 0 saturated carbocycles. The molecule has 0 bridgehead atoms. The molecule has 0 aromatic heterocycles. The molecule has 2 aromatic rings. The van der Waals surface area contributed by atoms with E-state index in [-0.39, 0.29) is 23.7 Å². The Morgan fingerprint density at radius 3 is 2.70 bits per heavy atom. The molecule has 4 rings (SSSR count). The number of halogens is 1. The lowest BCUT2D eigenvalue weighted by Crippen LogP contribution is -2.28. The van der Waals surface area contributed by atoms with E-state index in [0.29, 0.717) is 24.3 Å². The van der Waals surface area contributed by atoms with Crippen LogP contribution in [-0.2, 0) is 4.79 Å². The highest BCUT2D eigenvalue weighted by Crippen LogP contribution is 2.32. The monoisotopic (exact) mass is 368 g/mol. The number of nitrogens with one attached hydrogen (secondary N) is 1. The van der Waals surface area contributed by atoms with Gasteiger partial charge in [-0.15, -0.1) is 0 Å². The molecule has 1 fully saturated rings. The summed E-state index contributed by atoms with van der Waals surface area (Å²) in [7, 11) is 0. The zero-order chi connectivity index (χ0) is 18.8. The second kappa shape index (κ2) is 7.39. The fourth-order valence-electron chi connectivity index (χ4n) is 3.65. The molecule has 2 heterocycles. The summed E-state index contributed by atoms with van der Waals surface area (Å²) in [6.45, 7) is 1.22. The second-order valence-electron chi connectivity index (χ2n) is 6.89. The van der Waals surface area contributed by atoms with E-state index < -0.39 is 0 Å². The van der Waals surface area contributed by atoms with Crippen molar-refractivity contribution in [3.63, 3.8) is 0 Å². The molecule has 1 saturated heterocycles. The third-order valence-corrected chi connectivity index (χ3v) is 5.07. The Morgan fingerprint density at radius 1 is 1.15 bits per heavy atom. The van der Waals surface area contributed by atoms with E-state index >= 15 is 0 Å². The molecule has 2 amide bonds. The molecule has 0 aliphatic carbocycles. The van der Waals surface area contributed by atoms with Gasteiger partial charge in [-0.25, -0.2) is 4.39 Å². The maximum Gasteiger partial charge on any atom is 0.251 e. The zero-order valence-corrected chi connectivity index (χ0v) is 14.9. The van der Waals surface area contributed by atoms with Crippen molar-refractivity contribution in [2.24, 2.45) is 0 Å². The number of amides is 2. The minimum atomic E-state index is -0.354. The molecular weight excluding hydrogens is 347 g/mol. The lowest BCUT2D eigenvalue weighted by molar-refractivity contribution is -0.117. The standard InChI is InChI=1S/C21H21FN2O3/c22-15-7-10-17-18(3-2-12-27-19(17)13-15)23-21(26)14-5-8-16(9-6-14)24-11-1-4-20(24)25/h5-10,13,18H,1-4,11-12H2,(H,23,26). The van der Waals surface area contributed by atoms with Gasteiger partial charge >= 0.3 is 0 Å². The third kappa shape index (κ3) is 3.65. The van der Waals surface area contributed by atoms with Crippen molar-refractivity contribution >= 4 is 17.5 Å². The van der Waals surface area contributed by atoms with Crippen molar-refractivity contribution in [1.29, 1.82) is 0 Å². The molecule has 1 N–H and O–H groups in total. The number of hydrogen-bond acceptors (Lipinski definition) is 3. The topological polar surface area (TPSA) is 58.6 Å². The van der Waals surface area contributed by atoms with Crippen molar-refractivity contribution in [3.05, 3.63) is 59.4 Å². The van der Waals surface area contributed by atoms with Crippen LogP contribution >= 0.6 is 0 Å². The maximum atomic E-state index is 13.5. The Balaban J connectivity index is 1.50. The van der Waals surface area contributed by atoms with E-state index in [1.165, 1.54) is 12.1 Å². The number of rotatable bonds is 3. The number of carbonyl (C=O) groups excluding carboxylic acids is 2. The van der Waals surface area contributed by atoms with Gasteiger partial charge in [-0.05, 0) is 49.6 Å². The van der Waals surface area contributed by atoms with Gasteiger partial charge in [-0.1, -0.05) is 6.07 Å². The number of fused-ring (bicyclic) bond motifs is 1. The molecule has 0 spiro atoms. The Morgan fingerprint density at radius 2 is 1.96 bits per heavy atom. The average Bonchev–Trinajstić information content (AvgIpc) is 3.00. The molecule has 2 aromatic carbocycles. The van der Waals surface area contributed by atoms with Crippen molar-refractivity contribution in [2.45, 2.75) is 31.7 Å². The van der Waals surface area contributed by atoms with Crippen LogP contribution in [0, 0.1) is 5.82 Å². The quantitative estimate of drug-likeness (QED) is 0.901. The normalized spacial score (nSPS) is 19.2. The summed E-state index contributed by atoms with van der Waals surface area (Å²) in [4.78, 5) is 26.3. The molecule has 5 nitrogen and oxygen atoms in total. The van der Waals surface area contributed by atoms with E-state index in [1.807, 2.05) is 0 Å². The van der Waals surface area contributed by atoms with E-state index in [0.717, 1.165) is 37.1 Å². The lowest BCUT2D eigenvalue weighted by Gasteiger charge is -2.19. The largest absolute Gasteiger partial charge is 0.493 e. The molecular formula is C21H21FN2O3. The minimum absolute atomic E-state index is 0.120. The Bertz CT molecular complexity index is 866. The Labute approximate surface area is 157 Å². The fourth-order valence-corrected chi connectivity index (χ4v) is 3.65. The SMILES string of the molecule is O=C(NC1CCCOc2cc(F)ccc21)c1ccc(N2CCCC2=O)cc1. The summed E-state index contributed by atoms with van der Waals surface area (Å²) in [6.07, 6.45) is 2.94. The van der Waals surface area contributed by atoms with Crippen molar-refractivity contribution in [2.75, 3.05) is 18.1 Å². The number of hydrogen-bond donors (Lipinski definition) is 1. The lowest BCUT2D eigenvalue weighted by atomic mass is 10.0. The molecule has 2 aliphatic rings. The molecule has 2 aliphatic heterocycles. The van der Waals surface area contributed by atoms with Crippen LogP contribution in [0.15, 0.2) is 42.5 Å². The smallest absolute Gasteiger partial charge is 0.251 e. The number of ether oxygens (including phenoxy) is 1. The second-order valence-corrected chi connectivity index (χ2v) is 6.89. The maximum absolute atomic E-state index is 13.5. The van der Waals surface area contributed by atoms with Gasteiger partial charge in [0.2, 0.25) is 5.91 Å². The highest BCUT2D eigenvalue weighted by molar-refractivity contribution is 5.97. The summed E-state index contributed by atoms with van der Waals surface area (Å²) in [5.41, 5.74) is 2.14. The van der Waals surface area contributed by atoms with Gasteiger partial charge in [0, 0.05) is 35.8 Å². The molecule has 140 valence electrons. The van der Waals surface area contributed by atoms with Crippen LogP contribution in [0.4, 0.5) is 10.1 Å². The number of nitrogens with zero attached hydrogens (tertiary/aromatic N) is 1. The summed E-state index contributed by atoms with van der Waals surface area (Å²) in [6, 6.07) is 11.3. The molecule has 0 radical (unpaired) electrons. The number of anilines is 1. The van der Waals surface area contributed by atoms with Crippen LogP contribution in [-0.4, -0.2) is 25.0 Å². The zero-order valence-electron chi connectivity index (χ0n) is 14.9. The van der Waals surface area contributed by atoms with E-state index in [9.17, 15) is 14.0 Å². The van der Waals surface area contributed by atoms with Gasteiger partial charge in [-0.2, -0.15) is 0 Å². The number of carbonyl (C=O) groups is 2. The van der Waals surface area contributed by atoms with E-state index in [1.54, 1.807) is 35.2 Å². The van der Waals surface area contributed by atoms with Gasteiger partial charge in [0.1, 0.15) is 11.6 Å². The van der Waals surface area contributed by atoms with Crippen LogP contribution in [0.25, 0.3) is 0 Å². The highest BCUT2D eigenvalue weighted by Gasteiger charge is 2.24. The van der Waals surface area contributed by atoms with Crippen LogP contribution < -0.4 is 15.0 Å². The first kappa shape index (κ1) is 17.5. The van der Waals surface area contributed by atoms with E-state index in [4.69, 9.17) is 4.74 Å². The van der Waals surface area contributed by atoms with Crippen molar-refractivity contribution < 1.29 is 18.7 Å². The summed E-state index contributed by atoms with van der Waals surface area (Å²) in [5.74, 6) is 0.0550. The van der Waals surface area contributed by atoms with Crippen LogP contribution in [0.3, 0.4) is 0 Å². The van der Waals surface area contributed by atoms with Crippen LogP contribution in [0.1, 0.15) is 47.6 Å². The summed E-state index contributed by atoms with van der Waals surface area (Å²) < 4.78 is 19.1. The van der Waals surface area contributed by atoms with Gasteiger partial charge in [0.05, 0.1) is 12.6 Å². The first-order chi connectivity index (χ1) is 13.1. The molecule has 1 unspecified atom stereocenters. The number of benzene rings is 2. The van der Waals surface area contributed by atoms with Crippen molar-refractivity contribution in [3.8, 4) is 5.75 Å². The Kier molecular flexibility index (Phi) is 4.79. The third-order valence-electron chi connectivity index (χ3n) is 5.07. The summed E-state index contributed by atoms with van der Waals surface area (Å²) in [5, 5.41) is 3.03. The predicted octanol–water partition coefficient (Wildman–Crippen LogP) is 3.60. The Hall–Kier alpha value is -2.89. The first-order valence-electron chi connectivity index (χ1n) is 9.25. The van der Waals surface area contributed by atoms with Gasteiger partial charge in [0.15, 0.2) is 0 Å². The van der Waals surface area contributed by atoms with Gasteiger partial charge in [-0.3, -0.25) is 9.59 Å². The minimum Gasteiger partial charge on any atom is -0.493 e. The van der Waals surface area contributed by atoms with Crippen LogP contribution in [0.2, 0.25) is 0 Å². The van der Waals surface area contributed by atoms with Gasteiger partial charge in [0.25, 0.3) is 5.91 Å². The van der Waals surface area contributed by atoms with Crippen LogP contribution in [0.5, 0.6) is 5.75 Å². The van der Waals surface area contributed by atoms with Crippen molar-refractivity contribution in [1.82, 2.24) is 5.32 Å². The van der Waals surface area contributed by atoms with Gasteiger partial charge < -0.3 is 15.0 Å². The highest BCUT2D eigenvalue weighted by atomic mass is 19.1. The molecule has 27 heavy (non-hydrogen) atoms. The average molecular weight is 368 g/mol.